The number of hydrogen-bond donors (Lipinski definition) is 0. The average Bonchev–Trinajstić information content (AvgIpc) is 2.47. The van der Waals surface area contributed by atoms with Crippen LogP contribution in [0, 0.1) is 0 Å². The lowest BCUT2D eigenvalue weighted by molar-refractivity contribution is -0.183. The van der Waals surface area contributed by atoms with E-state index in [-0.39, 0.29) is 18.2 Å². The summed E-state index contributed by atoms with van der Waals surface area (Å²) < 4.78 is 15.8. The molecule has 3 atom stereocenters. The molecule has 0 aromatic heterocycles. The normalized spacial score (nSPS) is 41.4. The lowest BCUT2D eigenvalue weighted by Gasteiger charge is -2.19. The summed E-state index contributed by atoms with van der Waals surface area (Å²) in [7, 11) is 0. The van der Waals surface area contributed by atoms with Crippen molar-refractivity contribution in [2.24, 2.45) is 0 Å². The van der Waals surface area contributed by atoms with Crippen LogP contribution in [0.4, 0.5) is 0 Å². The summed E-state index contributed by atoms with van der Waals surface area (Å²) in [4.78, 5) is 11.2. The maximum Gasteiger partial charge on any atom is 0.339 e. The Morgan fingerprint density at radius 1 is 1.46 bits per heavy atom. The molecule has 0 radical (unpaired) electrons. The van der Waals surface area contributed by atoms with Crippen molar-refractivity contribution in [3.05, 3.63) is 12.7 Å². The second-order valence-corrected chi connectivity index (χ2v) is 3.66. The van der Waals surface area contributed by atoms with E-state index in [1.807, 2.05) is 0 Å². The van der Waals surface area contributed by atoms with E-state index in [1.165, 1.54) is 0 Å². The highest BCUT2D eigenvalue weighted by molar-refractivity contribution is 5.79. The first kappa shape index (κ1) is 8.72. The molecule has 0 saturated carbocycles. The van der Waals surface area contributed by atoms with Crippen LogP contribution in [0.5, 0.6) is 0 Å². The number of carbonyl (C=O) groups excluding carboxylic acids is 1. The van der Waals surface area contributed by atoms with Gasteiger partial charge in [0.1, 0.15) is 12.2 Å². The molecule has 0 aromatic rings. The zero-order valence-corrected chi connectivity index (χ0v) is 7.65. The van der Waals surface area contributed by atoms with Gasteiger partial charge >= 0.3 is 5.97 Å². The Morgan fingerprint density at radius 3 is 2.77 bits per heavy atom. The number of cyclic esters (lactones) is 1. The number of fused-ring (bicyclic) bond motifs is 1. The molecule has 0 aromatic carbocycles. The third kappa shape index (κ3) is 1.26. The fourth-order valence-electron chi connectivity index (χ4n) is 1.66. The molecule has 0 N–H and O–H groups in total. The molecular weight excluding hydrogens is 172 g/mol. The smallest absolute Gasteiger partial charge is 0.339 e. The van der Waals surface area contributed by atoms with E-state index in [1.54, 1.807) is 19.9 Å². The summed E-state index contributed by atoms with van der Waals surface area (Å²) in [6.45, 7) is 7.13. The predicted molar refractivity (Wildman–Crippen MR) is 43.9 cm³/mol. The summed E-state index contributed by atoms with van der Waals surface area (Å²) >= 11 is 0. The molecule has 2 aliphatic heterocycles. The maximum absolute atomic E-state index is 11.2. The van der Waals surface area contributed by atoms with Crippen LogP contribution < -0.4 is 0 Å². The van der Waals surface area contributed by atoms with Crippen molar-refractivity contribution in [2.45, 2.75) is 37.9 Å². The van der Waals surface area contributed by atoms with E-state index < -0.39 is 11.9 Å². The molecule has 4 nitrogen and oxygen atoms in total. The predicted octanol–water partition coefficient (Wildman–Crippen LogP) is 0.618. The molecule has 0 amide bonds. The Bertz CT molecular complexity index is 258. The molecular formula is C9H12O4. The Kier molecular flexibility index (Phi) is 1.72. The number of rotatable bonds is 1. The van der Waals surface area contributed by atoms with Gasteiger partial charge in [0, 0.05) is 0 Å². The highest BCUT2D eigenvalue weighted by atomic mass is 16.8. The van der Waals surface area contributed by atoms with Gasteiger partial charge in [0.15, 0.2) is 11.9 Å². The van der Waals surface area contributed by atoms with Gasteiger partial charge in [-0.1, -0.05) is 6.58 Å². The van der Waals surface area contributed by atoms with Crippen molar-refractivity contribution >= 4 is 5.97 Å². The first-order chi connectivity index (χ1) is 6.03. The SMILES string of the molecule is C=C[C@@H]1OC(=O)[C@H]2OC(C)(C)O[C@@H]12. The van der Waals surface area contributed by atoms with Gasteiger partial charge in [0.25, 0.3) is 0 Å². The highest BCUT2D eigenvalue weighted by Gasteiger charge is 2.54. The Morgan fingerprint density at radius 2 is 2.15 bits per heavy atom. The van der Waals surface area contributed by atoms with Crippen LogP contribution in [0.15, 0.2) is 12.7 Å². The lowest BCUT2D eigenvalue weighted by Crippen LogP contribution is -2.27. The van der Waals surface area contributed by atoms with Crippen LogP contribution in [0.25, 0.3) is 0 Å². The van der Waals surface area contributed by atoms with Gasteiger partial charge in [0.05, 0.1) is 0 Å². The van der Waals surface area contributed by atoms with Gasteiger partial charge in [-0.15, -0.1) is 0 Å². The van der Waals surface area contributed by atoms with Crippen LogP contribution in [0.2, 0.25) is 0 Å². The van der Waals surface area contributed by atoms with Gasteiger partial charge in [-0.25, -0.2) is 4.79 Å². The third-order valence-corrected chi connectivity index (χ3v) is 2.17. The molecule has 0 aliphatic carbocycles. The summed E-state index contributed by atoms with van der Waals surface area (Å²) in [5, 5.41) is 0. The van der Waals surface area contributed by atoms with Gasteiger partial charge < -0.3 is 14.2 Å². The number of hydrogen-bond acceptors (Lipinski definition) is 4. The van der Waals surface area contributed by atoms with E-state index in [4.69, 9.17) is 14.2 Å². The van der Waals surface area contributed by atoms with Crippen molar-refractivity contribution in [3.8, 4) is 0 Å². The summed E-state index contributed by atoms with van der Waals surface area (Å²) in [5.74, 6) is -1.06. The quantitative estimate of drug-likeness (QED) is 0.442. The standard InChI is InChI=1S/C9H12O4/c1-4-5-6-7(8(10)11-5)13-9(2,3)12-6/h4-7H,1H2,2-3H3/t5-,6-,7-/m0/s1. The van der Waals surface area contributed by atoms with E-state index in [0.717, 1.165) is 0 Å². The molecule has 0 spiro atoms. The molecule has 2 aliphatic rings. The van der Waals surface area contributed by atoms with Crippen molar-refractivity contribution < 1.29 is 19.0 Å². The highest BCUT2D eigenvalue weighted by Crippen LogP contribution is 2.36. The second-order valence-electron chi connectivity index (χ2n) is 3.66. The molecule has 4 heteroatoms. The molecule has 72 valence electrons. The van der Waals surface area contributed by atoms with Crippen LogP contribution in [-0.4, -0.2) is 30.1 Å². The largest absolute Gasteiger partial charge is 0.453 e. The molecule has 2 rings (SSSR count). The van der Waals surface area contributed by atoms with E-state index in [9.17, 15) is 4.79 Å². The van der Waals surface area contributed by atoms with Gasteiger partial charge in [-0.2, -0.15) is 0 Å². The molecule has 13 heavy (non-hydrogen) atoms. The number of esters is 1. The molecule has 0 unspecified atom stereocenters. The van der Waals surface area contributed by atoms with Crippen LogP contribution in [0.1, 0.15) is 13.8 Å². The van der Waals surface area contributed by atoms with Gasteiger partial charge in [0.2, 0.25) is 0 Å². The number of ether oxygens (including phenoxy) is 3. The molecule has 2 heterocycles. The minimum Gasteiger partial charge on any atom is -0.453 e. The third-order valence-electron chi connectivity index (χ3n) is 2.17. The van der Waals surface area contributed by atoms with Gasteiger partial charge in [-0.3, -0.25) is 0 Å². The zero-order chi connectivity index (χ0) is 9.64. The van der Waals surface area contributed by atoms with Crippen LogP contribution >= 0.6 is 0 Å². The van der Waals surface area contributed by atoms with E-state index >= 15 is 0 Å². The molecule has 2 fully saturated rings. The lowest BCUT2D eigenvalue weighted by atomic mass is 10.1. The van der Waals surface area contributed by atoms with E-state index in [2.05, 4.69) is 6.58 Å². The van der Waals surface area contributed by atoms with Crippen molar-refractivity contribution in [1.82, 2.24) is 0 Å². The van der Waals surface area contributed by atoms with Crippen LogP contribution in [0.3, 0.4) is 0 Å². The Labute approximate surface area is 76.5 Å². The first-order valence-electron chi connectivity index (χ1n) is 4.22. The summed E-state index contributed by atoms with van der Waals surface area (Å²) in [5.41, 5.74) is 0. The molecule has 2 saturated heterocycles. The second kappa shape index (κ2) is 2.56. The first-order valence-corrected chi connectivity index (χ1v) is 4.22. The topological polar surface area (TPSA) is 44.8 Å². The monoisotopic (exact) mass is 184 g/mol. The minimum atomic E-state index is -0.698. The van der Waals surface area contributed by atoms with Crippen molar-refractivity contribution in [3.63, 3.8) is 0 Å². The van der Waals surface area contributed by atoms with E-state index in [0.29, 0.717) is 0 Å². The fraction of sp³-hybridized carbons (Fsp3) is 0.667. The Hall–Kier alpha value is -0.870. The maximum atomic E-state index is 11.2. The number of carbonyl (C=O) groups is 1. The summed E-state index contributed by atoms with van der Waals surface area (Å²) in [6.07, 6.45) is 0.269. The molecule has 0 bridgehead atoms. The average molecular weight is 184 g/mol. The summed E-state index contributed by atoms with van der Waals surface area (Å²) in [6, 6.07) is 0. The van der Waals surface area contributed by atoms with Crippen LogP contribution in [-0.2, 0) is 19.0 Å². The van der Waals surface area contributed by atoms with Crippen molar-refractivity contribution in [1.29, 1.82) is 0 Å². The van der Waals surface area contributed by atoms with Crippen molar-refractivity contribution in [2.75, 3.05) is 0 Å². The fourth-order valence-corrected chi connectivity index (χ4v) is 1.66. The Balaban J connectivity index is 2.22. The zero-order valence-electron chi connectivity index (χ0n) is 7.65. The minimum absolute atomic E-state index is 0.333. The van der Waals surface area contributed by atoms with Gasteiger partial charge in [-0.05, 0) is 19.9 Å².